The Morgan fingerprint density at radius 2 is 1.96 bits per heavy atom. The molecule has 1 aromatic carbocycles. The molecule has 0 radical (unpaired) electrons. The summed E-state index contributed by atoms with van der Waals surface area (Å²) in [7, 11) is 0. The number of amides is 1. The summed E-state index contributed by atoms with van der Waals surface area (Å²) in [4.78, 5) is 21.9. The standard InChI is InChI=1S/C18H17FN6O/c1-11(26)24-8-9-25-15(10-24)16(14-6-7-21-18(20)22-14)17(23-25)12-2-4-13(19)5-3-12/h2-7H,8-10H2,1H3,(H2,20,21,22). The van der Waals surface area contributed by atoms with E-state index >= 15 is 0 Å². The molecule has 8 heteroatoms. The van der Waals surface area contributed by atoms with Gasteiger partial charge in [0.2, 0.25) is 11.9 Å². The molecule has 0 spiro atoms. The van der Waals surface area contributed by atoms with Crippen LogP contribution in [0.1, 0.15) is 12.6 Å². The lowest BCUT2D eigenvalue weighted by molar-refractivity contribution is -0.130. The van der Waals surface area contributed by atoms with E-state index in [4.69, 9.17) is 10.8 Å². The van der Waals surface area contributed by atoms with Crippen LogP contribution in [0.5, 0.6) is 0 Å². The molecule has 0 fully saturated rings. The summed E-state index contributed by atoms with van der Waals surface area (Å²) in [5.74, 6) is -0.144. The minimum absolute atomic E-state index is 0.00827. The number of carbonyl (C=O) groups is 1. The lowest BCUT2D eigenvalue weighted by Crippen LogP contribution is -2.37. The molecule has 0 bridgehead atoms. The van der Waals surface area contributed by atoms with Crippen molar-refractivity contribution in [1.29, 1.82) is 0 Å². The summed E-state index contributed by atoms with van der Waals surface area (Å²) in [6, 6.07) is 7.91. The Balaban J connectivity index is 1.92. The highest BCUT2D eigenvalue weighted by atomic mass is 19.1. The molecule has 2 aromatic heterocycles. The van der Waals surface area contributed by atoms with E-state index in [2.05, 4.69) is 9.97 Å². The predicted molar refractivity (Wildman–Crippen MR) is 94.2 cm³/mol. The summed E-state index contributed by atoms with van der Waals surface area (Å²) < 4.78 is 15.2. The first-order chi connectivity index (χ1) is 12.5. The second-order valence-electron chi connectivity index (χ2n) is 6.14. The van der Waals surface area contributed by atoms with Crippen LogP contribution in [-0.4, -0.2) is 37.1 Å². The van der Waals surface area contributed by atoms with Crippen LogP contribution in [-0.2, 0) is 17.9 Å². The number of carbonyl (C=O) groups excluding carboxylic acids is 1. The molecule has 132 valence electrons. The zero-order valence-electron chi connectivity index (χ0n) is 14.2. The van der Waals surface area contributed by atoms with E-state index in [1.165, 1.54) is 12.1 Å². The maximum Gasteiger partial charge on any atom is 0.220 e. The monoisotopic (exact) mass is 352 g/mol. The van der Waals surface area contributed by atoms with Crippen molar-refractivity contribution in [2.24, 2.45) is 0 Å². The lowest BCUT2D eigenvalue weighted by atomic mass is 10.0. The predicted octanol–water partition coefficient (Wildman–Crippen LogP) is 2.09. The molecular formula is C18H17FN6O. The number of aromatic nitrogens is 4. The van der Waals surface area contributed by atoms with Crippen molar-refractivity contribution in [3.8, 4) is 22.5 Å². The van der Waals surface area contributed by atoms with Gasteiger partial charge in [-0.3, -0.25) is 9.48 Å². The minimum atomic E-state index is -0.312. The second-order valence-corrected chi connectivity index (χ2v) is 6.14. The van der Waals surface area contributed by atoms with Gasteiger partial charge in [0.15, 0.2) is 0 Å². The Bertz CT molecular complexity index is 982. The van der Waals surface area contributed by atoms with Gasteiger partial charge in [-0.25, -0.2) is 14.4 Å². The van der Waals surface area contributed by atoms with Crippen LogP contribution in [0.3, 0.4) is 0 Å². The molecule has 0 atom stereocenters. The molecule has 4 rings (SSSR count). The first kappa shape index (κ1) is 16.2. The Hall–Kier alpha value is -3.29. The number of nitrogens with two attached hydrogens (primary N) is 1. The van der Waals surface area contributed by atoms with Crippen LogP contribution in [0, 0.1) is 5.82 Å². The smallest absolute Gasteiger partial charge is 0.220 e. The lowest BCUT2D eigenvalue weighted by Gasteiger charge is -2.27. The molecule has 3 aromatic rings. The van der Waals surface area contributed by atoms with Crippen molar-refractivity contribution >= 4 is 11.9 Å². The third kappa shape index (κ3) is 2.79. The molecule has 1 aliphatic rings. The van der Waals surface area contributed by atoms with Gasteiger partial charge in [0, 0.05) is 25.2 Å². The molecule has 26 heavy (non-hydrogen) atoms. The van der Waals surface area contributed by atoms with Crippen molar-refractivity contribution < 1.29 is 9.18 Å². The number of benzene rings is 1. The molecule has 0 saturated carbocycles. The van der Waals surface area contributed by atoms with Gasteiger partial charge in [-0.15, -0.1) is 0 Å². The third-order valence-electron chi connectivity index (χ3n) is 4.47. The normalized spacial score (nSPS) is 13.5. The second kappa shape index (κ2) is 6.21. The Labute approximate surface area is 149 Å². The first-order valence-electron chi connectivity index (χ1n) is 8.23. The summed E-state index contributed by atoms with van der Waals surface area (Å²) >= 11 is 0. The molecule has 0 aliphatic carbocycles. The van der Waals surface area contributed by atoms with Crippen LogP contribution >= 0.6 is 0 Å². The molecule has 0 unspecified atom stereocenters. The van der Waals surface area contributed by atoms with Crippen LogP contribution < -0.4 is 5.73 Å². The maximum atomic E-state index is 13.3. The summed E-state index contributed by atoms with van der Waals surface area (Å²) in [5.41, 5.74) is 9.51. The highest BCUT2D eigenvalue weighted by Crippen LogP contribution is 2.35. The van der Waals surface area contributed by atoms with E-state index < -0.39 is 0 Å². The van der Waals surface area contributed by atoms with E-state index in [9.17, 15) is 9.18 Å². The Kier molecular flexibility index (Phi) is 3.87. The number of hydrogen-bond acceptors (Lipinski definition) is 5. The topological polar surface area (TPSA) is 89.9 Å². The van der Waals surface area contributed by atoms with Gasteiger partial charge >= 0.3 is 0 Å². The number of nitrogen functional groups attached to an aromatic ring is 1. The van der Waals surface area contributed by atoms with Gasteiger partial charge in [0.1, 0.15) is 11.5 Å². The number of halogens is 1. The first-order valence-corrected chi connectivity index (χ1v) is 8.23. The third-order valence-corrected chi connectivity index (χ3v) is 4.47. The average Bonchev–Trinajstić information content (AvgIpc) is 3.00. The van der Waals surface area contributed by atoms with Gasteiger partial charge in [-0.2, -0.15) is 5.10 Å². The van der Waals surface area contributed by atoms with Gasteiger partial charge in [-0.05, 0) is 30.3 Å². The summed E-state index contributed by atoms with van der Waals surface area (Å²) in [6.45, 7) is 3.17. The molecule has 3 heterocycles. The number of hydrogen-bond donors (Lipinski definition) is 1. The van der Waals surface area contributed by atoms with Crippen molar-refractivity contribution in [1.82, 2.24) is 24.6 Å². The SMILES string of the molecule is CC(=O)N1CCn2nc(-c3ccc(F)cc3)c(-c3ccnc(N)n3)c2C1. The molecule has 2 N–H and O–H groups in total. The molecule has 0 saturated heterocycles. The Morgan fingerprint density at radius 3 is 2.65 bits per heavy atom. The van der Waals surface area contributed by atoms with Crippen LogP contribution in [0.25, 0.3) is 22.5 Å². The molecule has 1 amide bonds. The van der Waals surface area contributed by atoms with Crippen LogP contribution in [0.15, 0.2) is 36.5 Å². The fraction of sp³-hybridized carbons (Fsp3) is 0.222. The maximum absolute atomic E-state index is 13.3. The van der Waals surface area contributed by atoms with E-state index in [-0.39, 0.29) is 17.7 Å². The highest BCUT2D eigenvalue weighted by Gasteiger charge is 2.27. The van der Waals surface area contributed by atoms with E-state index in [1.54, 1.807) is 36.2 Å². The van der Waals surface area contributed by atoms with Crippen molar-refractivity contribution in [3.05, 3.63) is 48.0 Å². The summed E-state index contributed by atoms with van der Waals surface area (Å²) in [5, 5.41) is 4.71. The van der Waals surface area contributed by atoms with Crippen molar-refractivity contribution in [2.45, 2.75) is 20.0 Å². The number of rotatable bonds is 2. The van der Waals surface area contributed by atoms with Crippen LogP contribution in [0.4, 0.5) is 10.3 Å². The van der Waals surface area contributed by atoms with Crippen molar-refractivity contribution in [3.63, 3.8) is 0 Å². The van der Waals surface area contributed by atoms with Gasteiger partial charge in [0.05, 0.1) is 30.0 Å². The van der Waals surface area contributed by atoms with Gasteiger partial charge in [-0.1, -0.05) is 0 Å². The highest BCUT2D eigenvalue weighted by molar-refractivity contribution is 5.82. The fourth-order valence-corrected chi connectivity index (χ4v) is 3.18. The van der Waals surface area contributed by atoms with E-state index in [0.29, 0.717) is 31.0 Å². The average molecular weight is 352 g/mol. The number of anilines is 1. The van der Waals surface area contributed by atoms with Gasteiger partial charge in [0.25, 0.3) is 0 Å². The minimum Gasteiger partial charge on any atom is -0.368 e. The number of fused-ring (bicyclic) bond motifs is 1. The van der Waals surface area contributed by atoms with Crippen molar-refractivity contribution in [2.75, 3.05) is 12.3 Å². The van der Waals surface area contributed by atoms with Gasteiger partial charge < -0.3 is 10.6 Å². The van der Waals surface area contributed by atoms with E-state index in [1.807, 2.05) is 4.68 Å². The fourth-order valence-electron chi connectivity index (χ4n) is 3.18. The summed E-state index contributed by atoms with van der Waals surface area (Å²) in [6.07, 6.45) is 1.59. The molecule has 7 nitrogen and oxygen atoms in total. The largest absolute Gasteiger partial charge is 0.368 e. The quantitative estimate of drug-likeness (QED) is 0.763. The van der Waals surface area contributed by atoms with E-state index in [0.717, 1.165) is 16.8 Å². The molecule has 1 aliphatic heterocycles. The number of nitrogens with zero attached hydrogens (tertiary/aromatic N) is 5. The Morgan fingerprint density at radius 1 is 1.19 bits per heavy atom. The molecular weight excluding hydrogens is 335 g/mol. The zero-order chi connectivity index (χ0) is 18.3. The van der Waals surface area contributed by atoms with Crippen LogP contribution in [0.2, 0.25) is 0 Å². The zero-order valence-corrected chi connectivity index (χ0v) is 14.2.